The smallest absolute Gasteiger partial charge is 0.422 e. The Bertz CT molecular complexity index is 646. The van der Waals surface area contributed by atoms with E-state index in [4.69, 9.17) is 5.73 Å². The Morgan fingerprint density at radius 2 is 1.77 bits per heavy atom. The van der Waals surface area contributed by atoms with E-state index >= 15 is 0 Å². The highest BCUT2D eigenvalue weighted by Gasteiger charge is 2.30. The van der Waals surface area contributed by atoms with Crippen LogP contribution in [0.25, 0.3) is 10.8 Å². The van der Waals surface area contributed by atoms with Crippen LogP contribution in [0.5, 0.6) is 0 Å². The van der Waals surface area contributed by atoms with Gasteiger partial charge in [0.1, 0.15) is 6.04 Å². The quantitative estimate of drug-likeness (QED) is 0.874. The fourth-order valence-corrected chi connectivity index (χ4v) is 1.96. The van der Waals surface area contributed by atoms with Crippen molar-refractivity contribution in [3.05, 3.63) is 48.0 Å². The Hall–Kier alpha value is -1.79. The topological polar surface area (TPSA) is 52.3 Å². The van der Waals surface area contributed by atoms with Crippen LogP contribution in [0.15, 0.2) is 42.5 Å². The molecule has 7 heteroatoms. The Labute approximate surface area is 131 Å². The molecule has 1 atom stereocenters. The van der Waals surface area contributed by atoms with Gasteiger partial charge in [-0.2, -0.15) is 13.2 Å². The molecule has 3 nitrogen and oxygen atoms in total. The average Bonchev–Trinajstić information content (AvgIpc) is 2.43. The van der Waals surface area contributed by atoms with E-state index in [1.54, 1.807) is 6.07 Å². The first-order valence-electron chi connectivity index (χ1n) is 6.32. The first-order chi connectivity index (χ1) is 9.85. The number of carbonyl (C=O) groups is 1. The number of ether oxygens (including phenoxy) is 1. The summed E-state index contributed by atoms with van der Waals surface area (Å²) in [4.78, 5) is 11.4. The van der Waals surface area contributed by atoms with Crippen molar-refractivity contribution in [2.24, 2.45) is 5.73 Å². The number of fused-ring (bicyclic) bond motifs is 1. The van der Waals surface area contributed by atoms with Crippen molar-refractivity contribution >= 4 is 29.1 Å². The van der Waals surface area contributed by atoms with Crippen LogP contribution in [0.4, 0.5) is 13.2 Å². The predicted octanol–water partition coefficient (Wildman–Crippen LogP) is 3.24. The molecule has 0 fully saturated rings. The van der Waals surface area contributed by atoms with Crippen LogP contribution in [0.2, 0.25) is 0 Å². The first kappa shape index (κ1) is 18.3. The third-order valence-electron chi connectivity index (χ3n) is 2.95. The normalized spacial score (nSPS) is 12.5. The summed E-state index contributed by atoms with van der Waals surface area (Å²) in [5.74, 6) is -1.06. The van der Waals surface area contributed by atoms with Crippen LogP contribution in [0, 0.1) is 0 Å². The van der Waals surface area contributed by atoms with Gasteiger partial charge in [-0.25, -0.2) is 0 Å². The van der Waals surface area contributed by atoms with Gasteiger partial charge in [0.2, 0.25) is 0 Å². The van der Waals surface area contributed by atoms with Gasteiger partial charge in [-0.1, -0.05) is 42.5 Å². The van der Waals surface area contributed by atoms with E-state index in [2.05, 4.69) is 4.74 Å². The summed E-state index contributed by atoms with van der Waals surface area (Å²) in [6.07, 6.45) is -4.42. The van der Waals surface area contributed by atoms with Gasteiger partial charge in [0.15, 0.2) is 6.61 Å². The lowest BCUT2D eigenvalue weighted by Crippen LogP contribution is -2.36. The van der Waals surface area contributed by atoms with Gasteiger partial charge < -0.3 is 10.5 Å². The van der Waals surface area contributed by atoms with E-state index < -0.39 is 24.8 Å². The van der Waals surface area contributed by atoms with Crippen LogP contribution >= 0.6 is 12.4 Å². The Morgan fingerprint density at radius 3 is 2.41 bits per heavy atom. The van der Waals surface area contributed by atoms with E-state index in [0.717, 1.165) is 16.3 Å². The lowest BCUT2D eigenvalue weighted by atomic mass is 10.0. The number of hydrogen-bond donors (Lipinski definition) is 1. The molecule has 0 saturated carbocycles. The van der Waals surface area contributed by atoms with Crippen molar-refractivity contribution in [3.63, 3.8) is 0 Å². The number of halogens is 4. The minimum absolute atomic E-state index is 0. The highest BCUT2D eigenvalue weighted by Crippen LogP contribution is 2.17. The van der Waals surface area contributed by atoms with Gasteiger partial charge in [0.05, 0.1) is 0 Å². The van der Waals surface area contributed by atoms with Crippen molar-refractivity contribution in [2.75, 3.05) is 6.61 Å². The number of hydrogen-bond acceptors (Lipinski definition) is 3. The molecule has 0 aliphatic heterocycles. The Balaban J connectivity index is 0.00000242. The third-order valence-corrected chi connectivity index (χ3v) is 2.95. The van der Waals surface area contributed by atoms with E-state index in [9.17, 15) is 18.0 Å². The SMILES string of the molecule is Cl.N[C@@H](Cc1ccc2ccccc2c1)C(=O)OCC(F)(F)F. The zero-order chi connectivity index (χ0) is 15.5. The maximum absolute atomic E-state index is 12.0. The zero-order valence-corrected chi connectivity index (χ0v) is 12.3. The van der Waals surface area contributed by atoms with Gasteiger partial charge in [-0.3, -0.25) is 4.79 Å². The molecule has 2 aromatic carbocycles. The van der Waals surface area contributed by atoms with E-state index in [0.29, 0.717) is 0 Å². The second-order valence-corrected chi connectivity index (χ2v) is 4.72. The van der Waals surface area contributed by atoms with Gasteiger partial charge in [0, 0.05) is 0 Å². The molecule has 0 unspecified atom stereocenters. The molecule has 120 valence electrons. The summed E-state index contributed by atoms with van der Waals surface area (Å²) < 4.78 is 40.0. The Kier molecular flexibility index (Phi) is 6.20. The molecule has 2 aromatic rings. The molecule has 0 radical (unpaired) electrons. The fourth-order valence-electron chi connectivity index (χ4n) is 1.96. The maximum Gasteiger partial charge on any atom is 0.422 e. The third kappa shape index (κ3) is 5.20. The minimum atomic E-state index is -4.54. The molecule has 0 spiro atoms. The molecule has 0 amide bonds. The van der Waals surface area contributed by atoms with Crippen molar-refractivity contribution < 1.29 is 22.7 Å². The summed E-state index contributed by atoms with van der Waals surface area (Å²) >= 11 is 0. The zero-order valence-electron chi connectivity index (χ0n) is 11.5. The second kappa shape index (κ2) is 7.47. The first-order valence-corrected chi connectivity index (χ1v) is 6.32. The molecular weight excluding hydrogens is 319 g/mol. The summed E-state index contributed by atoms with van der Waals surface area (Å²) in [6.45, 7) is -1.61. The lowest BCUT2D eigenvalue weighted by molar-refractivity contribution is -0.187. The molecule has 0 aromatic heterocycles. The molecule has 0 heterocycles. The maximum atomic E-state index is 12.0. The summed E-state index contributed by atoms with van der Waals surface area (Å²) in [5, 5.41) is 2.01. The molecule has 0 saturated heterocycles. The highest BCUT2D eigenvalue weighted by atomic mass is 35.5. The van der Waals surface area contributed by atoms with Gasteiger partial charge >= 0.3 is 12.1 Å². The van der Waals surface area contributed by atoms with Crippen molar-refractivity contribution in [2.45, 2.75) is 18.6 Å². The molecule has 0 aliphatic rings. The van der Waals surface area contributed by atoms with E-state index in [1.807, 2.05) is 36.4 Å². The van der Waals surface area contributed by atoms with Crippen LogP contribution < -0.4 is 5.73 Å². The standard InChI is InChI=1S/C15H14F3NO2.ClH/c16-15(17,18)9-21-14(20)13(19)8-10-5-6-11-3-1-2-4-12(11)7-10;/h1-7,13H,8-9,19H2;1H/t13-;/m0./s1. The largest absolute Gasteiger partial charge is 0.455 e. The minimum Gasteiger partial charge on any atom is -0.455 e. The van der Waals surface area contributed by atoms with Crippen LogP contribution in [0.1, 0.15) is 5.56 Å². The summed E-state index contributed by atoms with van der Waals surface area (Å²) in [7, 11) is 0. The van der Waals surface area contributed by atoms with Crippen LogP contribution in [-0.2, 0) is 16.0 Å². The van der Waals surface area contributed by atoms with Gasteiger partial charge in [-0.15, -0.1) is 12.4 Å². The summed E-state index contributed by atoms with van der Waals surface area (Å²) in [6, 6.07) is 12.0. The highest BCUT2D eigenvalue weighted by molar-refractivity contribution is 5.85. The molecule has 0 aliphatic carbocycles. The number of alkyl halides is 3. The lowest BCUT2D eigenvalue weighted by Gasteiger charge is -2.13. The van der Waals surface area contributed by atoms with Crippen molar-refractivity contribution in [1.29, 1.82) is 0 Å². The number of esters is 1. The van der Waals surface area contributed by atoms with Gasteiger partial charge in [-0.05, 0) is 22.8 Å². The van der Waals surface area contributed by atoms with E-state index in [1.165, 1.54) is 0 Å². The summed E-state index contributed by atoms with van der Waals surface area (Å²) in [5.41, 5.74) is 6.35. The van der Waals surface area contributed by atoms with E-state index in [-0.39, 0.29) is 18.8 Å². The number of carbonyl (C=O) groups excluding carboxylic acids is 1. The molecule has 2 N–H and O–H groups in total. The van der Waals surface area contributed by atoms with Gasteiger partial charge in [0.25, 0.3) is 0 Å². The van der Waals surface area contributed by atoms with Crippen molar-refractivity contribution in [1.82, 2.24) is 0 Å². The molecular formula is C15H15ClF3NO2. The molecule has 22 heavy (non-hydrogen) atoms. The molecule has 0 bridgehead atoms. The average molecular weight is 334 g/mol. The van der Waals surface area contributed by atoms with Crippen LogP contribution in [-0.4, -0.2) is 24.8 Å². The molecule has 2 rings (SSSR count). The predicted molar refractivity (Wildman–Crippen MR) is 79.9 cm³/mol. The van der Waals surface area contributed by atoms with Crippen LogP contribution in [0.3, 0.4) is 0 Å². The van der Waals surface area contributed by atoms with Crippen molar-refractivity contribution in [3.8, 4) is 0 Å². The monoisotopic (exact) mass is 333 g/mol. The second-order valence-electron chi connectivity index (χ2n) is 4.72. The number of rotatable bonds is 4. The fraction of sp³-hybridized carbons (Fsp3) is 0.267. The number of benzene rings is 2. The number of nitrogens with two attached hydrogens (primary N) is 1. The Morgan fingerprint density at radius 1 is 1.14 bits per heavy atom.